The molecule has 10 rings (SSSR count). The Hall–Kier alpha value is -7.43. The van der Waals surface area contributed by atoms with Crippen molar-refractivity contribution in [1.82, 2.24) is 15.0 Å². The zero-order valence-corrected chi connectivity index (χ0v) is 29.4. The van der Waals surface area contributed by atoms with Gasteiger partial charge < -0.3 is 4.42 Å². The maximum Gasteiger partial charge on any atom is 0.164 e. The molecule has 0 aliphatic rings. The molecule has 0 spiro atoms. The van der Waals surface area contributed by atoms with Crippen molar-refractivity contribution in [1.29, 1.82) is 0 Å². The Balaban J connectivity index is 1.02. The first-order valence-corrected chi connectivity index (χ1v) is 18.0. The minimum atomic E-state index is -0.436. The van der Waals surface area contributed by atoms with E-state index in [9.17, 15) is 0 Å². The quantitative estimate of drug-likeness (QED) is 0.165. The monoisotopic (exact) mass is 708 g/mol. The molecule has 0 fully saturated rings. The Morgan fingerprint density at radius 1 is 0.309 bits per heavy atom. The van der Waals surface area contributed by atoms with Gasteiger partial charge in [0.15, 0.2) is 17.5 Å². The molecule has 4 heteroatoms. The van der Waals surface area contributed by atoms with E-state index in [2.05, 4.69) is 84.9 Å². The van der Waals surface area contributed by atoms with Crippen molar-refractivity contribution in [2.75, 3.05) is 0 Å². The van der Waals surface area contributed by atoms with Crippen LogP contribution in [-0.2, 0) is 0 Å². The summed E-state index contributed by atoms with van der Waals surface area (Å²) in [5, 5.41) is 1.89. The van der Waals surface area contributed by atoms with Crippen molar-refractivity contribution in [3.05, 3.63) is 200 Å². The summed E-state index contributed by atoms with van der Waals surface area (Å²) in [6, 6.07) is 54.8. The summed E-state index contributed by atoms with van der Waals surface area (Å²) in [4.78, 5) is 14.8. The van der Waals surface area contributed by atoms with Crippen LogP contribution in [0.5, 0.6) is 0 Å². The molecule has 0 unspecified atom stereocenters. The van der Waals surface area contributed by atoms with E-state index in [4.69, 9.17) is 26.2 Å². The molecule has 0 bridgehead atoms. The highest BCUT2D eigenvalue weighted by Gasteiger charge is 2.16. The summed E-state index contributed by atoms with van der Waals surface area (Å²) in [6.45, 7) is 0. The predicted octanol–water partition coefficient (Wildman–Crippen LogP) is 13.4. The molecule has 0 amide bonds. The van der Waals surface area contributed by atoms with Gasteiger partial charge in [-0.15, -0.1) is 0 Å². The van der Waals surface area contributed by atoms with Crippen LogP contribution in [0.25, 0.3) is 101 Å². The predicted molar refractivity (Wildman–Crippen MR) is 225 cm³/mol. The number of hydrogen-bond donors (Lipinski definition) is 0. The van der Waals surface area contributed by atoms with Crippen molar-refractivity contribution in [2.24, 2.45) is 0 Å². The fraction of sp³-hybridized carbons (Fsp3) is 0. The maximum atomic E-state index is 8.56. The first-order chi connectivity index (χ1) is 29.3. The Labute approximate surface area is 326 Å². The van der Waals surface area contributed by atoms with Crippen LogP contribution < -0.4 is 0 Å². The van der Waals surface area contributed by atoms with E-state index in [0.29, 0.717) is 28.6 Å². The van der Waals surface area contributed by atoms with Crippen molar-refractivity contribution >= 4 is 21.9 Å². The standard InChI is InChI=1S/C51H33N3O/c1-4-11-34(12-5-1)36-19-21-37(22-20-36)38-23-25-39(26-24-38)42-27-29-47-45(32-42)46-33-44(28-30-48(46)55-47)51-53-49(40-15-8-3-9-16-40)52-50(54-51)43-18-10-17-41(31-43)35-13-6-2-7-14-35/h1-33H/i2D,6D,7D,13D,14D. The molecular weight excluding hydrogens is 671 g/mol. The van der Waals surface area contributed by atoms with Crippen molar-refractivity contribution in [3.8, 4) is 78.7 Å². The third-order valence-electron chi connectivity index (χ3n) is 9.85. The molecule has 55 heavy (non-hydrogen) atoms. The van der Waals surface area contributed by atoms with E-state index in [1.165, 1.54) is 11.1 Å². The lowest BCUT2D eigenvalue weighted by molar-refractivity contribution is 0.669. The highest BCUT2D eigenvalue weighted by molar-refractivity contribution is 6.07. The number of aromatic nitrogens is 3. The minimum Gasteiger partial charge on any atom is -0.456 e. The molecule has 8 aromatic carbocycles. The van der Waals surface area contributed by atoms with Crippen molar-refractivity contribution in [3.63, 3.8) is 0 Å². The largest absolute Gasteiger partial charge is 0.456 e. The average molecular weight is 709 g/mol. The summed E-state index contributed by atoms with van der Waals surface area (Å²) in [5.74, 6) is 1.30. The zero-order valence-electron chi connectivity index (χ0n) is 34.4. The van der Waals surface area contributed by atoms with Gasteiger partial charge in [0, 0.05) is 27.5 Å². The fourth-order valence-corrected chi connectivity index (χ4v) is 7.00. The van der Waals surface area contributed by atoms with E-state index in [-0.39, 0.29) is 17.6 Å². The first kappa shape index (κ1) is 27.2. The molecular formula is C51H33N3O. The molecule has 0 aliphatic heterocycles. The van der Waals surface area contributed by atoms with Gasteiger partial charge in [-0.1, -0.05) is 164 Å². The lowest BCUT2D eigenvalue weighted by atomic mass is 9.97. The summed E-state index contributed by atoms with van der Waals surface area (Å²) < 4.78 is 47.9. The lowest BCUT2D eigenvalue weighted by Gasteiger charge is -2.10. The average Bonchev–Trinajstić information content (AvgIpc) is 3.68. The van der Waals surface area contributed by atoms with Gasteiger partial charge in [0.25, 0.3) is 0 Å². The summed E-state index contributed by atoms with van der Waals surface area (Å²) in [7, 11) is 0. The van der Waals surface area contributed by atoms with Crippen LogP contribution in [0.3, 0.4) is 0 Å². The summed E-state index contributed by atoms with van der Waals surface area (Å²) >= 11 is 0. The number of nitrogens with zero attached hydrogens (tertiary/aromatic N) is 3. The van der Waals surface area contributed by atoms with Crippen LogP contribution in [0.15, 0.2) is 204 Å². The van der Waals surface area contributed by atoms with Gasteiger partial charge in [-0.3, -0.25) is 0 Å². The molecule has 2 heterocycles. The number of hydrogen-bond acceptors (Lipinski definition) is 4. The van der Waals surface area contributed by atoms with E-state index in [1.54, 1.807) is 18.2 Å². The molecule has 0 aliphatic carbocycles. The number of rotatable bonds is 7. The Kier molecular flexibility index (Phi) is 6.85. The number of fused-ring (bicyclic) bond motifs is 3. The smallest absolute Gasteiger partial charge is 0.164 e. The highest BCUT2D eigenvalue weighted by Crippen LogP contribution is 2.36. The van der Waals surface area contributed by atoms with Crippen molar-refractivity contribution < 1.29 is 11.3 Å². The summed E-state index contributed by atoms with van der Waals surface area (Å²) in [6.07, 6.45) is 0. The van der Waals surface area contributed by atoms with Crippen molar-refractivity contribution in [2.45, 2.75) is 0 Å². The molecule has 0 saturated heterocycles. The van der Waals surface area contributed by atoms with Gasteiger partial charge in [-0.05, 0) is 80.9 Å². The third-order valence-corrected chi connectivity index (χ3v) is 9.85. The molecule has 4 nitrogen and oxygen atoms in total. The molecule has 10 aromatic rings. The van der Waals surface area contributed by atoms with Gasteiger partial charge in [0.2, 0.25) is 0 Å². The van der Waals surface area contributed by atoms with Crippen LogP contribution in [0.1, 0.15) is 6.85 Å². The zero-order chi connectivity index (χ0) is 40.9. The molecule has 0 radical (unpaired) electrons. The van der Waals surface area contributed by atoms with Gasteiger partial charge >= 0.3 is 0 Å². The summed E-state index contributed by atoms with van der Waals surface area (Å²) in [5.41, 5.74) is 11.1. The van der Waals surface area contributed by atoms with Crippen LogP contribution in [-0.4, -0.2) is 15.0 Å². The molecule has 0 saturated carbocycles. The van der Waals surface area contributed by atoms with Gasteiger partial charge in [-0.25, -0.2) is 15.0 Å². The van der Waals surface area contributed by atoms with Gasteiger partial charge in [-0.2, -0.15) is 0 Å². The van der Waals surface area contributed by atoms with E-state index >= 15 is 0 Å². The van der Waals surface area contributed by atoms with Crippen LogP contribution >= 0.6 is 0 Å². The van der Waals surface area contributed by atoms with Crippen LogP contribution in [0.4, 0.5) is 0 Å². The Bertz CT molecular complexity index is 3210. The lowest BCUT2D eigenvalue weighted by Crippen LogP contribution is -2.00. The molecule has 258 valence electrons. The highest BCUT2D eigenvalue weighted by atomic mass is 16.3. The second-order valence-electron chi connectivity index (χ2n) is 13.3. The molecule has 0 N–H and O–H groups in total. The molecule has 2 aromatic heterocycles. The van der Waals surface area contributed by atoms with Crippen LogP contribution in [0.2, 0.25) is 0 Å². The second kappa shape index (κ2) is 13.8. The topological polar surface area (TPSA) is 51.8 Å². The Morgan fingerprint density at radius 2 is 0.691 bits per heavy atom. The van der Waals surface area contributed by atoms with E-state index in [0.717, 1.165) is 55.3 Å². The Morgan fingerprint density at radius 3 is 1.27 bits per heavy atom. The SMILES string of the molecule is [2H]c1c([2H])c([2H])c(-c2cccc(-c3nc(-c4ccccc4)nc(-c4ccc5oc6ccc(-c7ccc(-c8ccc(-c9ccccc9)cc8)cc7)cc6c5c4)n3)c2)c([2H])c1[2H]. The van der Waals surface area contributed by atoms with E-state index < -0.39 is 18.1 Å². The number of benzene rings is 8. The van der Waals surface area contributed by atoms with Gasteiger partial charge in [0.05, 0.1) is 6.85 Å². The van der Waals surface area contributed by atoms with Crippen LogP contribution in [0, 0.1) is 0 Å². The second-order valence-corrected chi connectivity index (χ2v) is 13.3. The third kappa shape index (κ3) is 6.36. The first-order valence-electron chi connectivity index (χ1n) is 20.5. The normalized spacial score (nSPS) is 12.5. The minimum absolute atomic E-state index is 0.113. The van der Waals surface area contributed by atoms with E-state index in [1.807, 2.05) is 66.7 Å². The molecule has 0 atom stereocenters. The fourth-order valence-electron chi connectivity index (χ4n) is 7.00. The maximum absolute atomic E-state index is 8.56. The van der Waals surface area contributed by atoms with Gasteiger partial charge in [0.1, 0.15) is 11.2 Å². The number of furan rings is 1.